The summed E-state index contributed by atoms with van der Waals surface area (Å²) in [6.45, 7) is 6.33. The van der Waals surface area contributed by atoms with Crippen LogP contribution in [0.25, 0.3) is 0 Å². The molecule has 2 saturated heterocycles. The summed E-state index contributed by atoms with van der Waals surface area (Å²) in [6.07, 6.45) is 5.68. The molecule has 1 aliphatic carbocycles. The number of amides is 2. The van der Waals surface area contributed by atoms with Gasteiger partial charge in [0.15, 0.2) is 0 Å². The number of piperazine rings is 1. The molecule has 0 aromatic heterocycles. The van der Waals surface area contributed by atoms with Gasteiger partial charge in [-0.2, -0.15) is 0 Å². The first kappa shape index (κ1) is 15.6. The van der Waals surface area contributed by atoms with Gasteiger partial charge in [-0.1, -0.05) is 19.3 Å². The van der Waals surface area contributed by atoms with Crippen molar-refractivity contribution in [2.24, 2.45) is 5.92 Å². The maximum absolute atomic E-state index is 12.5. The van der Waals surface area contributed by atoms with E-state index < -0.39 is 0 Å². The predicted molar refractivity (Wildman–Crippen MR) is 82.5 cm³/mol. The van der Waals surface area contributed by atoms with Crippen molar-refractivity contribution in [2.75, 3.05) is 52.4 Å². The third kappa shape index (κ3) is 3.72. The molecular weight excluding hydrogens is 282 g/mol. The van der Waals surface area contributed by atoms with Crippen LogP contribution in [0.3, 0.4) is 0 Å². The summed E-state index contributed by atoms with van der Waals surface area (Å²) in [5, 5.41) is 0. The van der Waals surface area contributed by atoms with Gasteiger partial charge < -0.3 is 14.5 Å². The van der Waals surface area contributed by atoms with E-state index in [0.29, 0.717) is 19.1 Å². The van der Waals surface area contributed by atoms with Crippen LogP contribution in [-0.4, -0.2) is 79.1 Å². The van der Waals surface area contributed by atoms with E-state index in [9.17, 15) is 9.59 Å². The lowest BCUT2D eigenvalue weighted by Gasteiger charge is -2.37. The van der Waals surface area contributed by atoms with Crippen LogP contribution < -0.4 is 0 Å². The van der Waals surface area contributed by atoms with Crippen molar-refractivity contribution in [1.29, 1.82) is 0 Å². The molecule has 2 amide bonds. The molecular formula is C16H27N3O3. The van der Waals surface area contributed by atoms with Gasteiger partial charge in [0, 0.05) is 45.2 Å². The second-order valence-electron chi connectivity index (χ2n) is 6.60. The van der Waals surface area contributed by atoms with Crippen LogP contribution in [0.4, 0.5) is 4.79 Å². The Labute approximate surface area is 132 Å². The summed E-state index contributed by atoms with van der Waals surface area (Å²) >= 11 is 0. The van der Waals surface area contributed by atoms with Crippen molar-refractivity contribution in [3.63, 3.8) is 0 Å². The van der Waals surface area contributed by atoms with Crippen LogP contribution >= 0.6 is 0 Å². The van der Waals surface area contributed by atoms with E-state index >= 15 is 0 Å². The molecule has 2 heterocycles. The molecule has 0 N–H and O–H groups in total. The van der Waals surface area contributed by atoms with Crippen molar-refractivity contribution in [2.45, 2.75) is 32.1 Å². The summed E-state index contributed by atoms with van der Waals surface area (Å²) < 4.78 is 4.94. The average Bonchev–Trinajstić information content (AvgIpc) is 2.99. The zero-order chi connectivity index (χ0) is 15.4. The van der Waals surface area contributed by atoms with Gasteiger partial charge in [-0.25, -0.2) is 4.79 Å². The van der Waals surface area contributed by atoms with Crippen LogP contribution in [-0.2, 0) is 9.53 Å². The molecule has 0 unspecified atom stereocenters. The lowest BCUT2D eigenvalue weighted by molar-refractivity contribution is -0.138. The maximum Gasteiger partial charge on any atom is 0.409 e. The quantitative estimate of drug-likeness (QED) is 0.782. The van der Waals surface area contributed by atoms with Crippen molar-refractivity contribution in [1.82, 2.24) is 14.7 Å². The molecule has 22 heavy (non-hydrogen) atoms. The summed E-state index contributed by atoms with van der Waals surface area (Å²) in [7, 11) is 0. The fraction of sp³-hybridized carbons (Fsp3) is 0.875. The topological polar surface area (TPSA) is 53.1 Å². The van der Waals surface area contributed by atoms with E-state index in [1.165, 1.54) is 19.3 Å². The molecule has 3 rings (SSSR count). The lowest BCUT2D eigenvalue weighted by atomic mass is 9.88. The number of cyclic esters (lactones) is 1. The van der Waals surface area contributed by atoms with Gasteiger partial charge in [0.25, 0.3) is 0 Å². The molecule has 0 bridgehead atoms. The highest BCUT2D eigenvalue weighted by Gasteiger charge is 2.29. The van der Waals surface area contributed by atoms with Gasteiger partial charge in [-0.05, 0) is 12.8 Å². The second-order valence-corrected chi connectivity index (χ2v) is 6.60. The summed E-state index contributed by atoms with van der Waals surface area (Å²) in [4.78, 5) is 30.1. The van der Waals surface area contributed by atoms with Gasteiger partial charge in [0.2, 0.25) is 5.91 Å². The Bertz CT molecular complexity index is 401. The number of hydrogen-bond donors (Lipinski definition) is 0. The molecule has 0 radical (unpaired) electrons. The number of hydrogen-bond acceptors (Lipinski definition) is 4. The molecule has 6 nitrogen and oxygen atoms in total. The highest BCUT2D eigenvalue weighted by atomic mass is 16.6. The number of carbonyl (C=O) groups is 2. The molecule has 0 spiro atoms. The first-order chi connectivity index (χ1) is 10.7. The van der Waals surface area contributed by atoms with Gasteiger partial charge in [0.1, 0.15) is 6.61 Å². The van der Waals surface area contributed by atoms with Crippen LogP contribution in [0.5, 0.6) is 0 Å². The zero-order valence-electron chi connectivity index (χ0n) is 13.3. The Morgan fingerprint density at radius 2 is 1.73 bits per heavy atom. The minimum atomic E-state index is -0.189. The first-order valence-electron chi connectivity index (χ1n) is 8.67. The Hall–Kier alpha value is -1.30. The summed E-state index contributed by atoms with van der Waals surface area (Å²) in [5.74, 6) is 0.655. The van der Waals surface area contributed by atoms with Crippen LogP contribution in [0.2, 0.25) is 0 Å². The second kappa shape index (κ2) is 7.31. The van der Waals surface area contributed by atoms with E-state index in [1.807, 2.05) is 0 Å². The Morgan fingerprint density at radius 1 is 1.00 bits per heavy atom. The van der Waals surface area contributed by atoms with Crippen LogP contribution in [0.1, 0.15) is 32.1 Å². The average molecular weight is 309 g/mol. The largest absolute Gasteiger partial charge is 0.448 e. The third-order valence-corrected chi connectivity index (χ3v) is 5.17. The molecule has 0 atom stereocenters. The normalized spacial score (nSPS) is 24.6. The molecule has 0 aromatic carbocycles. The van der Waals surface area contributed by atoms with E-state index in [1.54, 1.807) is 4.90 Å². The number of carbonyl (C=O) groups excluding carboxylic acids is 2. The lowest BCUT2D eigenvalue weighted by Crippen LogP contribution is -2.51. The summed E-state index contributed by atoms with van der Waals surface area (Å²) in [6, 6.07) is 0. The zero-order valence-corrected chi connectivity index (χ0v) is 13.3. The van der Waals surface area contributed by atoms with Crippen molar-refractivity contribution < 1.29 is 14.3 Å². The minimum Gasteiger partial charge on any atom is -0.448 e. The minimum absolute atomic E-state index is 0.189. The Morgan fingerprint density at radius 3 is 2.36 bits per heavy atom. The molecule has 3 aliphatic rings. The fourth-order valence-electron chi connectivity index (χ4n) is 3.69. The monoisotopic (exact) mass is 309 g/mol. The van der Waals surface area contributed by atoms with E-state index in [2.05, 4.69) is 9.80 Å². The van der Waals surface area contributed by atoms with E-state index in [0.717, 1.165) is 52.1 Å². The molecule has 2 aliphatic heterocycles. The van der Waals surface area contributed by atoms with E-state index in [4.69, 9.17) is 4.74 Å². The van der Waals surface area contributed by atoms with Crippen molar-refractivity contribution in [3.05, 3.63) is 0 Å². The molecule has 3 fully saturated rings. The van der Waals surface area contributed by atoms with Gasteiger partial charge >= 0.3 is 6.09 Å². The first-order valence-corrected chi connectivity index (χ1v) is 8.67. The molecule has 124 valence electrons. The smallest absolute Gasteiger partial charge is 0.409 e. The molecule has 6 heteroatoms. The Kier molecular flexibility index (Phi) is 5.18. The SMILES string of the molecule is O=C1OCCN1CCN1CCN(C(=O)C2CCCCC2)CC1. The van der Waals surface area contributed by atoms with Gasteiger partial charge in [-0.3, -0.25) is 9.69 Å². The number of ether oxygens (including phenoxy) is 1. The van der Waals surface area contributed by atoms with Crippen LogP contribution in [0.15, 0.2) is 0 Å². The standard InChI is InChI=1S/C16H27N3O3/c20-15(14-4-2-1-3-5-14)18-9-6-17(7-10-18)8-11-19-12-13-22-16(19)21/h14H,1-13H2. The van der Waals surface area contributed by atoms with Gasteiger partial charge in [-0.15, -0.1) is 0 Å². The molecule has 1 saturated carbocycles. The Balaban J connectivity index is 1.38. The van der Waals surface area contributed by atoms with E-state index in [-0.39, 0.29) is 12.0 Å². The molecule has 0 aromatic rings. The van der Waals surface area contributed by atoms with Crippen LogP contribution in [0, 0.1) is 5.92 Å². The summed E-state index contributed by atoms with van der Waals surface area (Å²) in [5.41, 5.74) is 0. The van der Waals surface area contributed by atoms with Gasteiger partial charge in [0.05, 0.1) is 6.54 Å². The fourth-order valence-corrected chi connectivity index (χ4v) is 3.69. The highest BCUT2D eigenvalue weighted by Crippen LogP contribution is 2.25. The third-order valence-electron chi connectivity index (χ3n) is 5.17. The highest BCUT2D eigenvalue weighted by molar-refractivity contribution is 5.79. The maximum atomic E-state index is 12.5. The van der Waals surface area contributed by atoms with Crippen molar-refractivity contribution >= 4 is 12.0 Å². The number of nitrogens with zero attached hydrogens (tertiary/aromatic N) is 3. The number of rotatable bonds is 4. The van der Waals surface area contributed by atoms with Crippen molar-refractivity contribution in [3.8, 4) is 0 Å². The predicted octanol–water partition coefficient (Wildman–Crippen LogP) is 1.16.